The van der Waals surface area contributed by atoms with E-state index < -0.39 is 20.2 Å². The molecule has 186 valence electrons. The summed E-state index contributed by atoms with van der Waals surface area (Å²) in [7, 11) is -7.37. The van der Waals surface area contributed by atoms with E-state index in [-0.39, 0.29) is 18.1 Å². The standard InChI is InChI=1S/C25H27NO7S2/c1-17(2)12-13-31-23-11-8-20(15-24(23)33-35(5,29)30)25-18(3)14-21(16-26-25)19-6-9-22(10-7-19)32-34(4,27)28/h6-12,14-16H,13H2,1-5H3. The van der Waals surface area contributed by atoms with Crippen LogP contribution < -0.4 is 13.1 Å². The Balaban J connectivity index is 1.91. The van der Waals surface area contributed by atoms with E-state index in [1.165, 1.54) is 0 Å². The Morgan fingerprint density at radius 3 is 2.03 bits per heavy atom. The molecule has 35 heavy (non-hydrogen) atoms. The minimum Gasteiger partial charge on any atom is -0.486 e. The lowest BCUT2D eigenvalue weighted by molar-refractivity contribution is 0.347. The topological polar surface area (TPSA) is 109 Å². The van der Waals surface area contributed by atoms with Crippen LogP contribution in [0.3, 0.4) is 0 Å². The minimum absolute atomic E-state index is 0.0823. The molecule has 0 saturated heterocycles. The zero-order chi connectivity index (χ0) is 25.8. The van der Waals surface area contributed by atoms with Crippen LogP contribution in [0.4, 0.5) is 0 Å². The molecule has 10 heteroatoms. The lowest BCUT2D eigenvalue weighted by Gasteiger charge is -2.14. The molecule has 2 aromatic carbocycles. The fourth-order valence-electron chi connectivity index (χ4n) is 3.21. The molecular formula is C25H27NO7S2. The van der Waals surface area contributed by atoms with E-state index in [0.29, 0.717) is 17.0 Å². The van der Waals surface area contributed by atoms with E-state index in [1.54, 1.807) is 48.7 Å². The van der Waals surface area contributed by atoms with Crippen LogP contribution in [-0.4, -0.2) is 40.9 Å². The second-order valence-electron chi connectivity index (χ2n) is 8.24. The van der Waals surface area contributed by atoms with Gasteiger partial charge in [-0.15, -0.1) is 0 Å². The van der Waals surface area contributed by atoms with Crippen LogP contribution in [0.5, 0.6) is 17.2 Å². The molecular weight excluding hydrogens is 490 g/mol. The predicted octanol–water partition coefficient (Wildman–Crippen LogP) is 4.75. The lowest BCUT2D eigenvalue weighted by atomic mass is 10.0. The van der Waals surface area contributed by atoms with Gasteiger partial charge < -0.3 is 13.1 Å². The van der Waals surface area contributed by atoms with Crippen molar-refractivity contribution in [2.24, 2.45) is 0 Å². The van der Waals surface area contributed by atoms with E-state index in [9.17, 15) is 16.8 Å². The Labute approximate surface area is 206 Å². The zero-order valence-corrected chi connectivity index (χ0v) is 21.7. The van der Waals surface area contributed by atoms with Gasteiger partial charge in [0, 0.05) is 17.3 Å². The van der Waals surface area contributed by atoms with Crippen molar-refractivity contribution in [1.82, 2.24) is 4.98 Å². The van der Waals surface area contributed by atoms with Gasteiger partial charge in [-0.2, -0.15) is 16.8 Å². The molecule has 1 aromatic heterocycles. The van der Waals surface area contributed by atoms with E-state index in [1.807, 2.05) is 32.9 Å². The second kappa shape index (κ2) is 10.5. The molecule has 0 aliphatic carbocycles. The summed E-state index contributed by atoms with van der Waals surface area (Å²) in [4.78, 5) is 4.58. The van der Waals surface area contributed by atoms with E-state index in [4.69, 9.17) is 13.1 Å². The summed E-state index contributed by atoms with van der Waals surface area (Å²) in [5.41, 5.74) is 4.90. The Morgan fingerprint density at radius 2 is 1.46 bits per heavy atom. The van der Waals surface area contributed by atoms with Crippen molar-refractivity contribution >= 4 is 20.2 Å². The molecule has 8 nitrogen and oxygen atoms in total. The summed E-state index contributed by atoms with van der Waals surface area (Å²) in [6, 6.07) is 13.6. The third-order valence-corrected chi connectivity index (χ3v) is 5.68. The third kappa shape index (κ3) is 7.83. The highest BCUT2D eigenvalue weighted by atomic mass is 32.2. The Morgan fingerprint density at radius 1 is 0.829 bits per heavy atom. The molecule has 0 saturated carbocycles. The minimum atomic E-state index is -3.77. The molecule has 3 rings (SSSR count). The summed E-state index contributed by atoms with van der Waals surface area (Å²) in [6.07, 6.45) is 5.53. The number of hydrogen-bond donors (Lipinski definition) is 0. The number of allylic oxidation sites excluding steroid dienone is 1. The summed E-state index contributed by atoms with van der Waals surface area (Å²) in [6.45, 7) is 6.05. The molecule has 0 atom stereocenters. The lowest BCUT2D eigenvalue weighted by Crippen LogP contribution is -2.08. The smallest absolute Gasteiger partial charge is 0.306 e. The van der Waals surface area contributed by atoms with Crippen molar-refractivity contribution in [3.63, 3.8) is 0 Å². The quantitative estimate of drug-likeness (QED) is 0.296. The normalized spacial score (nSPS) is 11.6. The Kier molecular flexibility index (Phi) is 7.86. The highest BCUT2D eigenvalue weighted by Crippen LogP contribution is 2.35. The number of hydrogen-bond acceptors (Lipinski definition) is 8. The van der Waals surface area contributed by atoms with Gasteiger partial charge in [-0.05, 0) is 74.4 Å². The number of ether oxygens (including phenoxy) is 1. The first-order valence-corrected chi connectivity index (χ1v) is 14.2. The maximum atomic E-state index is 11.8. The van der Waals surface area contributed by atoms with Crippen LogP contribution in [0.25, 0.3) is 22.4 Å². The van der Waals surface area contributed by atoms with Gasteiger partial charge in [0.2, 0.25) is 0 Å². The number of aromatic nitrogens is 1. The molecule has 0 aliphatic heterocycles. The van der Waals surface area contributed by atoms with Crippen LogP contribution in [-0.2, 0) is 20.2 Å². The molecule has 0 spiro atoms. The van der Waals surface area contributed by atoms with Gasteiger partial charge in [0.05, 0.1) is 18.2 Å². The van der Waals surface area contributed by atoms with E-state index in [0.717, 1.165) is 34.8 Å². The fraction of sp³-hybridized carbons (Fsp3) is 0.240. The molecule has 0 fully saturated rings. The van der Waals surface area contributed by atoms with Crippen molar-refractivity contribution < 1.29 is 29.9 Å². The van der Waals surface area contributed by atoms with Gasteiger partial charge in [0.25, 0.3) is 0 Å². The number of aryl methyl sites for hydroxylation is 1. The van der Waals surface area contributed by atoms with Crippen LogP contribution in [0, 0.1) is 6.92 Å². The average molecular weight is 518 g/mol. The average Bonchev–Trinajstić information content (AvgIpc) is 2.73. The van der Waals surface area contributed by atoms with Gasteiger partial charge in [-0.1, -0.05) is 17.7 Å². The predicted molar refractivity (Wildman–Crippen MR) is 136 cm³/mol. The highest BCUT2D eigenvalue weighted by Gasteiger charge is 2.15. The van der Waals surface area contributed by atoms with Crippen LogP contribution in [0.15, 0.2) is 66.4 Å². The maximum absolute atomic E-state index is 11.8. The SMILES string of the molecule is CC(C)=CCOc1ccc(-c2ncc(-c3ccc(OS(C)(=O)=O)cc3)cc2C)cc1OS(C)(=O)=O. The zero-order valence-electron chi connectivity index (χ0n) is 20.1. The monoisotopic (exact) mass is 517 g/mol. The van der Waals surface area contributed by atoms with E-state index in [2.05, 4.69) is 4.98 Å². The van der Waals surface area contributed by atoms with Crippen LogP contribution in [0.1, 0.15) is 19.4 Å². The van der Waals surface area contributed by atoms with Gasteiger partial charge in [-0.25, -0.2) is 0 Å². The molecule has 3 aromatic rings. The molecule has 0 unspecified atom stereocenters. The molecule has 0 N–H and O–H groups in total. The van der Waals surface area contributed by atoms with Crippen molar-refractivity contribution in [3.8, 4) is 39.6 Å². The fourth-order valence-corrected chi connectivity index (χ4v) is 4.13. The molecule has 0 aliphatic rings. The Hall–Kier alpha value is -3.37. The largest absolute Gasteiger partial charge is 0.486 e. The second-order valence-corrected chi connectivity index (χ2v) is 11.4. The molecule has 0 amide bonds. The van der Waals surface area contributed by atoms with Crippen molar-refractivity contribution in [2.75, 3.05) is 19.1 Å². The summed E-state index contributed by atoms with van der Waals surface area (Å²) < 4.78 is 61.9. The molecule has 1 heterocycles. The number of benzene rings is 2. The Bertz CT molecular complexity index is 1460. The van der Waals surface area contributed by atoms with Crippen LogP contribution >= 0.6 is 0 Å². The van der Waals surface area contributed by atoms with Crippen molar-refractivity contribution in [1.29, 1.82) is 0 Å². The number of pyridine rings is 1. The molecule has 0 radical (unpaired) electrons. The number of nitrogens with zero attached hydrogens (tertiary/aromatic N) is 1. The van der Waals surface area contributed by atoms with Crippen molar-refractivity contribution in [3.05, 3.63) is 71.9 Å². The molecule has 0 bridgehead atoms. The van der Waals surface area contributed by atoms with Gasteiger partial charge in [0.15, 0.2) is 11.5 Å². The third-order valence-electron chi connectivity index (χ3n) is 4.70. The summed E-state index contributed by atoms with van der Waals surface area (Å²) >= 11 is 0. The van der Waals surface area contributed by atoms with Crippen molar-refractivity contribution in [2.45, 2.75) is 20.8 Å². The highest BCUT2D eigenvalue weighted by molar-refractivity contribution is 7.86. The number of rotatable bonds is 9. The first kappa shape index (κ1) is 26.2. The first-order chi connectivity index (χ1) is 16.3. The summed E-state index contributed by atoms with van der Waals surface area (Å²) in [5.74, 6) is 0.615. The summed E-state index contributed by atoms with van der Waals surface area (Å²) in [5, 5.41) is 0. The maximum Gasteiger partial charge on any atom is 0.306 e. The van der Waals surface area contributed by atoms with Crippen LogP contribution in [0.2, 0.25) is 0 Å². The van der Waals surface area contributed by atoms with E-state index >= 15 is 0 Å². The van der Waals surface area contributed by atoms with Gasteiger partial charge >= 0.3 is 20.2 Å². The van der Waals surface area contributed by atoms with Gasteiger partial charge in [-0.3, -0.25) is 4.98 Å². The van der Waals surface area contributed by atoms with Gasteiger partial charge in [0.1, 0.15) is 12.4 Å². The first-order valence-electron chi connectivity index (χ1n) is 10.6.